The lowest BCUT2D eigenvalue weighted by Gasteiger charge is -2.29. The zero-order chi connectivity index (χ0) is 15.7. The maximum atomic E-state index is 12.3. The zero-order valence-electron chi connectivity index (χ0n) is 13.2. The number of carbonyl (C=O) groups is 1. The molecule has 0 bridgehead atoms. The number of nitrogens with zero attached hydrogens (tertiary/aromatic N) is 3. The van der Waals surface area contributed by atoms with Crippen molar-refractivity contribution in [1.82, 2.24) is 14.7 Å². The van der Waals surface area contributed by atoms with E-state index >= 15 is 0 Å². The topological polar surface area (TPSA) is 51.3 Å². The quantitative estimate of drug-likeness (QED) is 0.801. The average molecular weight is 299 g/mol. The normalized spacial score (nSPS) is 15.3. The van der Waals surface area contributed by atoms with Crippen molar-refractivity contribution in [2.45, 2.75) is 39.3 Å². The smallest absolute Gasteiger partial charge is 0.247 e. The number of hydrogen-bond donors (Lipinski definition) is 0. The van der Waals surface area contributed by atoms with Crippen molar-refractivity contribution in [2.24, 2.45) is 0 Å². The van der Waals surface area contributed by atoms with E-state index in [1.165, 1.54) is 5.69 Å². The van der Waals surface area contributed by atoms with Gasteiger partial charge in [0.15, 0.2) is 0 Å². The molecule has 1 aliphatic heterocycles. The third-order valence-electron chi connectivity index (χ3n) is 3.82. The molecule has 0 spiro atoms. The Morgan fingerprint density at radius 3 is 2.91 bits per heavy atom. The second-order valence-electron chi connectivity index (χ2n) is 6.56. The Labute approximate surface area is 130 Å². The van der Waals surface area contributed by atoms with E-state index in [0.29, 0.717) is 12.3 Å². The minimum absolute atomic E-state index is 0.00515. The van der Waals surface area contributed by atoms with Gasteiger partial charge in [0.25, 0.3) is 0 Å². The highest BCUT2D eigenvalue weighted by molar-refractivity contribution is 5.91. The molecule has 0 fully saturated rings. The van der Waals surface area contributed by atoms with Gasteiger partial charge in [-0.15, -0.1) is 0 Å². The van der Waals surface area contributed by atoms with Crippen LogP contribution in [0.15, 0.2) is 35.1 Å². The Balaban J connectivity index is 1.72. The Hall–Kier alpha value is -2.30. The van der Waals surface area contributed by atoms with Crippen LogP contribution in [-0.4, -0.2) is 27.1 Å². The van der Waals surface area contributed by atoms with E-state index in [1.54, 1.807) is 24.5 Å². The molecule has 0 aromatic carbocycles. The lowest BCUT2D eigenvalue weighted by Crippen LogP contribution is -2.36. The van der Waals surface area contributed by atoms with Crippen LogP contribution in [0.4, 0.5) is 0 Å². The van der Waals surface area contributed by atoms with Crippen molar-refractivity contribution in [1.29, 1.82) is 0 Å². The summed E-state index contributed by atoms with van der Waals surface area (Å²) in [6.07, 6.45) is 7.59. The highest BCUT2D eigenvalue weighted by Crippen LogP contribution is 2.24. The molecule has 0 radical (unpaired) electrons. The van der Waals surface area contributed by atoms with Gasteiger partial charge < -0.3 is 9.32 Å². The number of carbonyl (C=O) groups excluding carboxylic acids is 1. The van der Waals surface area contributed by atoms with Gasteiger partial charge in [0.1, 0.15) is 5.76 Å². The molecule has 22 heavy (non-hydrogen) atoms. The SMILES string of the molecule is CC(C)(C)n1ncc2c1CCN(C(=O)/C=C/c1ccco1)C2. The van der Waals surface area contributed by atoms with Gasteiger partial charge in [-0.05, 0) is 39.0 Å². The standard InChI is InChI=1S/C17H21N3O2/c1-17(2,3)20-15-8-9-19(12-13(15)11-18-20)16(21)7-6-14-5-4-10-22-14/h4-7,10-11H,8-9,12H2,1-3H3/b7-6+. The molecule has 0 N–H and O–H groups in total. The van der Waals surface area contributed by atoms with Crippen LogP contribution in [0.25, 0.3) is 6.08 Å². The molecule has 3 heterocycles. The fourth-order valence-corrected chi connectivity index (χ4v) is 2.74. The maximum Gasteiger partial charge on any atom is 0.247 e. The second kappa shape index (κ2) is 5.48. The number of amides is 1. The van der Waals surface area contributed by atoms with E-state index in [2.05, 4.69) is 30.6 Å². The summed E-state index contributed by atoms with van der Waals surface area (Å²) in [4.78, 5) is 14.1. The first-order valence-corrected chi connectivity index (χ1v) is 7.52. The van der Waals surface area contributed by atoms with Crippen molar-refractivity contribution >= 4 is 12.0 Å². The summed E-state index contributed by atoms with van der Waals surface area (Å²) in [5.74, 6) is 0.692. The van der Waals surface area contributed by atoms with Crippen LogP contribution in [0.1, 0.15) is 37.8 Å². The summed E-state index contributed by atoms with van der Waals surface area (Å²) in [7, 11) is 0. The molecule has 0 aliphatic carbocycles. The number of rotatable bonds is 2. The maximum absolute atomic E-state index is 12.3. The molecular weight excluding hydrogens is 278 g/mol. The highest BCUT2D eigenvalue weighted by atomic mass is 16.3. The second-order valence-corrected chi connectivity index (χ2v) is 6.56. The third kappa shape index (κ3) is 2.84. The van der Waals surface area contributed by atoms with Gasteiger partial charge in [0.2, 0.25) is 5.91 Å². The molecule has 5 heteroatoms. The predicted molar refractivity (Wildman–Crippen MR) is 84.1 cm³/mol. The van der Waals surface area contributed by atoms with E-state index in [4.69, 9.17) is 4.42 Å². The molecule has 3 rings (SSSR count). The van der Waals surface area contributed by atoms with Gasteiger partial charge in [-0.2, -0.15) is 5.10 Å². The van der Waals surface area contributed by atoms with E-state index in [1.807, 2.05) is 17.2 Å². The monoisotopic (exact) mass is 299 g/mol. The molecule has 0 unspecified atom stereocenters. The molecule has 1 amide bonds. The fourth-order valence-electron chi connectivity index (χ4n) is 2.74. The zero-order valence-corrected chi connectivity index (χ0v) is 13.2. The number of hydrogen-bond acceptors (Lipinski definition) is 3. The van der Waals surface area contributed by atoms with E-state index in [0.717, 1.165) is 18.5 Å². The molecule has 2 aromatic rings. The highest BCUT2D eigenvalue weighted by Gasteiger charge is 2.26. The first kappa shape index (κ1) is 14.6. The first-order valence-electron chi connectivity index (χ1n) is 7.52. The Morgan fingerprint density at radius 2 is 2.23 bits per heavy atom. The van der Waals surface area contributed by atoms with Crippen LogP contribution in [-0.2, 0) is 23.3 Å². The molecule has 5 nitrogen and oxygen atoms in total. The van der Waals surface area contributed by atoms with Crippen molar-refractivity contribution in [3.63, 3.8) is 0 Å². The summed E-state index contributed by atoms with van der Waals surface area (Å²) >= 11 is 0. The largest absolute Gasteiger partial charge is 0.465 e. The Kier molecular flexibility index (Phi) is 3.64. The Bertz CT molecular complexity index is 690. The van der Waals surface area contributed by atoms with Crippen molar-refractivity contribution in [2.75, 3.05) is 6.54 Å². The van der Waals surface area contributed by atoms with Crippen LogP contribution < -0.4 is 0 Å². The fraction of sp³-hybridized carbons (Fsp3) is 0.412. The van der Waals surface area contributed by atoms with Crippen molar-refractivity contribution < 1.29 is 9.21 Å². The molecular formula is C17H21N3O2. The molecule has 0 saturated heterocycles. The summed E-state index contributed by atoms with van der Waals surface area (Å²) in [6.45, 7) is 7.76. The number of furan rings is 1. The van der Waals surface area contributed by atoms with Crippen LogP contribution in [0.5, 0.6) is 0 Å². The minimum atomic E-state index is -0.0288. The summed E-state index contributed by atoms with van der Waals surface area (Å²) in [6, 6.07) is 3.63. The van der Waals surface area contributed by atoms with Crippen LogP contribution >= 0.6 is 0 Å². The van der Waals surface area contributed by atoms with Crippen LogP contribution in [0, 0.1) is 0 Å². The Morgan fingerprint density at radius 1 is 1.41 bits per heavy atom. The van der Waals surface area contributed by atoms with Gasteiger partial charge in [-0.25, -0.2) is 0 Å². The first-order chi connectivity index (χ1) is 10.4. The average Bonchev–Trinajstić information content (AvgIpc) is 3.12. The summed E-state index contributed by atoms with van der Waals surface area (Å²) in [5.41, 5.74) is 2.35. The summed E-state index contributed by atoms with van der Waals surface area (Å²) < 4.78 is 7.27. The predicted octanol–water partition coefficient (Wildman–Crippen LogP) is 2.83. The van der Waals surface area contributed by atoms with Gasteiger partial charge in [0, 0.05) is 36.8 Å². The number of aromatic nitrogens is 2. The molecule has 1 aliphatic rings. The van der Waals surface area contributed by atoms with Gasteiger partial charge >= 0.3 is 0 Å². The summed E-state index contributed by atoms with van der Waals surface area (Å²) in [5, 5.41) is 4.50. The van der Waals surface area contributed by atoms with E-state index < -0.39 is 0 Å². The van der Waals surface area contributed by atoms with Crippen LogP contribution in [0.3, 0.4) is 0 Å². The van der Waals surface area contributed by atoms with E-state index in [-0.39, 0.29) is 11.4 Å². The molecule has 2 aromatic heterocycles. The minimum Gasteiger partial charge on any atom is -0.465 e. The third-order valence-corrected chi connectivity index (χ3v) is 3.82. The van der Waals surface area contributed by atoms with Crippen LogP contribution in [0.2, 0.25) is 0 Å². The van der Waals surface area contributed by atoms with Gasteiger partial charge in [0.05, 0.1) is 18.0 Å². The lowest BCUT2D eigenvalue weighted by atomic mass is 10.0. The molecule has 0 atom stereocenters. The lowest BCUT2D eigenvalue weighted by molar-refractivity contribution is -0.126. The molecule has 116 valence electrons. The van der Waals surface area contributed by atoms with Crippen molar-refractivity contribution in [3.05, 3.63) is 47.7 Å². The van der Waals surface area contributed by atoms with Gasteiger partial charge in [-0.1, -0.05) is 0 Å². The van der Waals surface area contributed by atoms with Crippen molar-refractivity contribution in [3.8, 4) is 0 Å². The van der Waals surface area contributed by atoms with Gasteiger partial charge in [-0.3, -0.25) is 9.48 Å². The molecule has 0 saturated carbocycles. The van der Waals surface area contributed by atoms with E-state index in [9.17, 15) is 4.79 Å². The number of fused-ring (bicyclic) bond motifs is 1.